The van der Waals surface area contributed by atoms with E-state index in [-0.39, 0.29) is 11.9 Å². The summed E-state index contributed by atoms with van der Waals surface area (Å²) in [4.78, 5) is 21.4. The summed E-state index contributed by atoms with van der Waals surface area (Å²) in [5.74, 6) is 0.529. The molecule has 1 aliphatic rings. The van der Waals surface area contributed by atoms with Crippen LogP contribution in [0, 0.1) is 11.8 Å². The molecule has 4 rings (SSSR count). The molecule has 0 aliphatic heterocycles. The van der Waals surface area contributed by atoms with Crippen LogP contribution in [0.15, 0.2) is 55.4 Å². The number of aryl methyl sites for hydroxylation is 1. The minimum absolute atomic E-state index is 0.0428. The Balaban J connectivity index is 1.47. The lowest BCUT2D eigenvalue weighted by Gasteiger charge is -2.28. The number of pyridine rings is 1. The van der Waals surface area contributed by atoms with Gasteiger partial charge >= 0.3 is 5.97 Å². The number of benzene rings is 1. The van der Waals surface area contributed by atoms with Gasteiger partial charge in [0.15, 0.2) is 0 Å². The molecule has 0 bridgehead atoms. The van der Waals surface area contributed by atoms with E-state index in [1.807, 2.05) is 50.0 Å². The van der Waals surface area contributed by atoms with Gasteiger partial charge in [0.05, 0.1) is 12.5 Å². The van der Waals surface area contributed by atoms with Gasteiger partial charge in [0.1, 0.15) is 18.3 Å². The highest BCUT2D eigenvalue weighted by atomic mass is 16.6. The molecule has 3 aromatic rings. The maximum Gasteiger partial charge on any atom is 0.309 e. The lowest BCUT2D eigenvalue weighted by molar-refractivity contribution is -0.161. The van der Waals surface area contributed by atoms with Crippen LogP contribution in [0.25, 0.3) is 11.1 Å². The fourth-order valence-electron chi connectivity index (χ4n) is 5.21. The van der Waals surface area contributed by atoms with Crippen LogP contribution in [0.5, 0.6) is 0 Å². The highest BCUT2D eigenvalue weighted by Crippen LogP contribution is 2.33. The minimum atomic E-state index is -0.462. The molecule has 1 fully saturated rings. The van der Waals surface area contributed by atoms with E-state index in [9.17, 15) is 4.79 Å². The number of carbonyl (C=O) groups excluding carboxylic acids is 1. The first-order valence-electron chi connectivity index (χ1n) is 13.7. The molecule has 1 unspecified atom stereocenters. The Morgan fingerprint density at radius 1 is 1.11 bits per heavy atom. The Bertz CT molecular complexity index is 1100. The molecule has 7 nitrogen and oxygen atoms in total. The second kappa shape index (κ2) is 12.8. The van der Waals surface area contributed by atoms with Crippen molar-refractivity contribution in [3.8, 4) is 11.1 Å². The van der Waals surface area contributed by atoms with Gasteiger partial charge in [-0.25, -0.2) is 4.98 Å². The number of carbonyl (C=O) groups is 1. The molecule has 2 heterocycles. The van der Waals surface area contributed by atoms with Crippen molar-refractivity contribution < 1.29 is 9.53 Å². The van der Waals surface area contributed by atoms with Gasteiger partial charge in [-0.3, -0.25) is 14.5 Å². The molecule has 37 heavy (non-hydrogen) atoms. The van der Waals surface area contributed by atoms with Gasteiger partial charge in [-0.15, -0.1) is 0 Å². The first kappa shape index (κ1) is 26.8. The molecule has 1 atom stereocenters. The summed E-state index contributed by atoms with van der Waals surface area (Å²) >= 11 is 0. The van der Waals surface area contributed by atoms with Crippen molar-refractivity contribution in [2.75, 3.05) is 11.9 Å². The quantitative estimate of drug-likeness (QED) is 0.309. The Morgan fingerprint density at radius 2 is 1.89 bits per heavy atom. The van der Waals surface area contributed by atoms with E-state index in [4.69, 9.17) is 4.74 Å². The maximum absolute atomic E-state index is 13.2. The highest BCUT2D eigenvalue weighted by Gasteiger charge is 2.28. The third kappa shape index (κ3) is 8.41. The monoisotopic (exact) mass is 503 g/mol. The average Bonchev–Trinajstić information content (AvgIpc) is 3.41. The molecule has 1 aliphatic carbocycles. The normalized spacial score (nSPS) is 15.3. The summed E-state index contributed by atoms with van der Waals surface area (Å²) in [6.07, 6.45) is 15.9. The van der Waals surface area contributed by atoms with E-state index in [1.54, 1.807) is 12.7 Å². The van der Waals surface area contributed by atoms with Gasteiger partial charge in [-0.2, -0.15) is 5.10 Å². The van der Waals surface area contributed by atoms with E-state index in [1.165, 1.54) is 37.7 Å². The van der Waals surface area contributed by atoms with Crippen molar-refractivity contribution >= 4 is 11.7 Å². The molecule has 7 heteroatoms. The minimum Gasteiger partial charge on any atom is -0.460 e. The molecule has 2 aromatic heterocycles. The van der Waals surface area contributed by atoms with Gasteiger partial charge < -0.3 is 10.1 Å². The zero-order valence-electron chi connectivity index (χ0n) is 22.5. The second-order valence-electron chi connectivity index (χ2n) is 11.2. The zero-order valence-corrected chi connectivity index (χ0v) is 22.5. The Kier molecular flexibility index (Phi) is 9.31. The number of ether oxygens (including phenoxy) is 1. The highest BCUT2D eigenvalue weighted by molar-refractivity contribution is 5.78. The zero-order chi connectivity index (χ0) is 26.1. The maximum atomic E-state index is 13.2. The van der Waals surface area contributed by atoms with Gasteiger partial charge in [0.25, 0.3) is 0 Å². The summed E-state index contributed by atoms with van der Waals surface area (Å²) in [6.45, 7) is 7.34. The molecule has 0 amide bonds. The van der Waals surface area contributed by atoms with Crippen molar-refractivity contribution in [1.29, 1.82) is 0 Å². The lowest BCUT2D eigenvalue weighted by Crippen LogP contribution is -2.30. The number of esters is 1. The van der Waals surface area contributed by atoms with E-state index in [0.717, 1.165) is 49.2 Å². The molecule has 0 spiro atoms. The van der Waals surface area contributed by atoms with Crippen LogP contribution >= 0.6 is 0 Å². The molecule has 1 N–H and O–H groups in total. The van der Waals surface area contributed by atoms with Crippen LogP contribution in [0.2, 0.25) is 0 Å². The third-order valence-corrected chi connectivity index (χ3v) is 7.06. The van der Waals surface area contributed by atoms with E-state index in [0.29, 0.717) is 5.92 Å². The summed E-state index contributed by atoms with van der Waals surface area (Å²) in [5, 5.41) is 7.74. The number of nitrogens with zero attached hydrogens (tertiary/aromatic N) is 4. The van der Waals surface area contributed by atoms with E-state index < -0.39 is 5.60 Å². The van der Waals surface area contributed by atoms with Gasteiger partial charge in [0.2, 0.25) is 0 Å². The van der Waals surface area contributed by atoms with Crippen molar-refractivity contribution in [3.05, 3.63) is 60.9 Å². The van der Waals surface area contributed by atoms with Gasteiger partial charge in [0, 0.05) is 30.2 Å². The lowest BCUT2D eigenvalue weighted by atomic mass is 9.81. The van der Waals surface area contributed by atoms with Crippen molar-refractivity contribution in [2.24, 2.45) is 11.8 Å². The smallest absolute Gasteiger partial charge is 0.309 e. The first-order valence-corrected chi connectivity index (χ1v) is 13.7. The topological polar surface area (TPSA) is 81.9 Å². The van der Waals surface area contributed by atoms with Crippen LogP contribution in [0.4, 0.5) is 5.69 Å². The first-order chi connectivity index (χ1) is 17.9. The average molecular weight is 504 g/mol. The molecular weight excluding hydrogens is 462 g/mol. The summed E-state index contributed by atoms with van der Waals surface area (Å²) in [7, 11) is 0. The fourth-order valence-corrected chi connectivity index (χ4v) is 5.21. The van der Waals surface area contributed by atoms with Crippen LogP contribution < -0.4 is 5.32 Å². The van der Waals surface area contributed by atoms with Crippen molar-refractivity contribution in [2.45, 2.75) is 84.3 Å². The van der Waals surface area contributed by atoms with Crippen LogP contribution in [-0.2, 0) is 22.5 Å². The van der Waals surface area contributed by atoms with Gasteiger partial charge in [-0.1, -0.05) is 38.2 Å². The number of hydrogen-bond donors (Lipinski definition) is 1. The van der Waals surface area contributed by atoms with Gasteiger partial charge in [-0.05, 0) is 81.3 Å². The molecular formula is C30H41N5O2. The summed E-state index contributed by atoms with van der Waals surface area (Å²) in [5.41, 5.74) is 4.09. The third-order valence-electron chi connectivity index (χ3n) is 7.06. The molecule has 1 saturated carbocycles. The molecule has 0 radical (unpaired) electrons. The predicted molar refractivity (Wildman–Crippen MR) is 147 cm³/mol. The number of hydrogen-bond acceptors (Lipinski definition) is 6. The number of rotatable bonds is 11. The molecule has 1 aromatic carbocycles. The van der Waals surface area contributed by atoms with E-state index >= 15 is 0 Å². The SMILES string of the molecule is CC(C)(C)OC(=O)C(CCc1ccc(NCCn2cncn2)c(-c2ccncc2)c1)CC1CCCCC1. The Labute approximate surface area is 221 Å². The van der Waals surface area contributed by atoms with Crippen molar-refractivity contribution in [3.63, 3.8) is 0 Å². The molecule has 198 valence electrons. The van der Waals surface area contributed by atoms with E-state index in [2.05, 4.69) is 38.6 Å². The Hall–Kier alpha value is -3.22. The standard InChI is InChI=1S/C30H41N5O2/c1-30(2,3)37-29(36)26(19-23-7-5-4-6-8-23)11-9-24-10-12-28(33-17-18-35-22-32-21-34-35)27(20-24)25-13-15-31-16-14-25/h10,12-16,20-23,26,33H,4-9,11,17-19H2,1-3H3. The number of nitrogens with one attached hydrogen (secondary N) is 1. The number of anilines is 1. The summed E-state index contributed by atoms with van der Waals surface area (Å²) in [6, 6.07) is 10.6. The van der Waals surface area contributed by atoms with Crippen LogP contribution in [-0.4, -0.2) is 37.9 Å². The predicted octanol–water partition coefficient (Wildman–Crippen LogP) is 6.31. The second-order valence-corrected chi connectivity index (χ2v) is 11.2. The van der Waals surface area contributed by atoms with Crippen LogP contribution in [0.1, 0.15) is 71.3 Å². The van der Waals surface area contributed by atoms with Crippen LogP contribution in [0.3, 0.4) is 0 Å². The number of aromatic nitrogens is 4. The fraction of sp³-hybridized carbons (Fsp3) is 0.533. The largest absolute Gasteiger partial charge is 0.460 e. The molecule has 0 saturated heterocycles. The van der Waals surface area contributed by atoms with Crippen molar-refractivity contribution in [1.82, 2.24) is 19.7 Å². The summed E-state index contributed by atoms with van der Waals surface area (Å²) < 4.78 is 7.67. The Morgan fingerprint density at radius 3 is 2.59 bits per heavy atom.